The van der Waals surface area contributed by atoms with E-state index < -0.39 is 46.6 Å². The predicted octanol–water partition coefficient (Wildman–Crippen LogP) is 5.24. The van der Waals surface area contributed by atoms with Gasteiger partial charge >= 0.3 is 0 Å². The number of benzene rings is 2. The van der Waals surface area contributed by atoms with Gasteiger partial charge in [0.15, 0.2) is 23.6 Å². The topological polar surface area (TPSA) is 145 Å². The molecule has 2 aromatic rings. The number of hydrogen-bond acceptors (Lipinski definition) is 8. The summed E-state index contributed by atoms with van der Waals surface area (Å²) in [6, 6.07) is 10.3. The number of aliphatic hydroxyl groups is 2. The maximum absolute atomic E-state index is 15.9. The molecule has 0 saturated heterocycles. The number of Topliss-reactive ketones (excluding diaryl/α,β-unsaturated/α-hetero) is 1. The zero-order valence-electron chi connectivity index (χ0n) is 27.0. The lowest BCUT2D eigenvalue weighted by molar-refractivity contribution is -0.167. The molecule has 46 heavy (non-hydrogen) atoms. The number of nitrogens with two attached hydrogens (primary N) is 2. The fourth-order valence-corrected chi connectivity index (χ4v) is 9.64. The summed E-state index contributed by atoms with van der Waals surface area (Å²) in [5.74, 6) is -2.15. The summed E-state index contributed by atoms with van der Waals surface area (Å²) in [6.07, 6.45) is 3.93. The van der Waals surface area contributed by atoms with Gasteiger partial charge in [-0.15, -0.1) is 0 Å². The van der Waals surface area contributed by atoms with E-state index in [9.17, 15) is 19.8 Å². The maximum Gasteiger partial charge on any atom is 0.184 e. The Morgan fingerprint density at radius 3 is 2.70 bits per heavy atom. The molecule has 0 radical (unpaired) electrons. The molecule has 0 bridgehead atoms. The Balaban J connectivity index is 1.30. The van der Waals surface area contributed by atoms with Gasteiger partial charge in [0.1, 0.15) is 12.4 Å². The van der Waals surface area contributed by atoms with Crippen molar-refractivity contribution in [1.82, 2.24) is 0 Å². The van der Waals surface area contributed by atoms with E-state index in [-0.39, 0.29) is 47.7 Å². The van der Waals surface area contributed by atoms with E-state index in [1.54, 1.807) is 50.3 Å². The number of fused-ring (bicyclic) bond motifs is 5. The van der Waals surface area contributed by atoms with Gasteiger partial charge in [-0.05, 0) is 85.4 Å². The summed E-state index contributed by atoms with van der Waals surface area (Å²) in [5, 5.41) is 23.3. The molecular formula is C37H45FN2O6. The van der Waals surface area contributed by atoms with Crippen molar-refractivity contribution >= 4 is 17.3 Å². The highest BCUT2D eigenvalue weighted by molar-refractivity contribution is 6.01. The average molecular weight is 633 g/mol. The van der Waals surface area contributed by atoms with Gasteiger partial charge in [0.25, 0.3) is 0 Å². The van der Waals surface area contributed by atoms with Crippen LogP contribution in [0.3, 0.4) is 0 Å². The van der Waals surface area contributed by atoms with E-state index in [0.29, 0.717) is 36.9 Å². The van der Waals surface area contributed by atoms with E-state index in [1.807, 2.05) is 26.0 Å². The van der Waals surface area contributed by atoms with Crippen LogP contribution in [0.4, 0.5) is 10.1 Å². The van der Waals surface area contributed by atoms with E-state index in [2.05, 4.69) is 0 Å². The third kappa shape index (κ3) is 5.12. The van der Waals surface area contributed by atoms with Crippen LogP contribution >= 0.6 is 0 Å². The molecule has 3 fully saturated rings. The first kappa shape index (κ1) is 32.6. The maximum atomic E-state index is 15.9. The molecule has 0 aliphatic heterocycles. The Labute approximate surface area is 269 Å². The summed E-state index contributed by atoms with van der Waals surface area (Å²) in [6.45, 7) is 7.60. The molecule has 0 heterocycles. The SMILES string of the molecule is CCC(=O)C1[C@H](OC(O)c2c(C)ccc(OCc3cccc(N)c3)c2F)CC2C1(C)CC(O)C1C3(C)C=CC(=O)C=C3CCC12N. The van der Waals surface area contributed by atoms with Crippen LogP contribution in [-0.4, -0.2) is 39.5 Å². The third-order valence-electron chi connectivity index (χ3n) is 11.6. The number of ketones is 2. The summed E-state index contributed by atoms with van der Waals surface area (Å²) in [7, 11) is 0. The number of aryl methyl sites for hydroxylation is 1. The number of hydrogen-bond donors (Lipinski definition) is 4. The highest BCUT2D eigenvalue weighted by Crippen LogP contribution is 2.67. The second-order valence-electron chi connectivity index (χ2n) is 14.3. The van der Waals surface area contributed by atoms with Crippen molar-refractivity contribution in [2.75, 3.05) is 5.73 Å². The van der Waals surface area contributed by atoms with Gasteiger partial charge in [0.2, 0.25) is 0 Å². The molecule has 3 saturated carbocycles. The van der Waals surface area contributed by atoms with Crippen molar-refractivity contribution in [3.63, 3.8) is 0 Å². The molecule has 9 heteroatoms. The van der Waals surface area contributed by atoms with E-state index in [0.717, 1.165) is 11.1 Å². The van der Waals surface area contributed by atoms with Gasteiger partial charge in [0, 0.05) is 34.9 Å². The fourth-order valence-electron chi connectivity index (χ4n) is 9.64. The van der Waals surface area contributed by atoms with Crippen molar-refractivity contribution in [1.29, 1.82) is 0 Å². The van der Waals surface area contributed by atoms with Crippen LogP contribution in [0.5, 0.6) is 5.75 Å². The van der Waals surface area contributed by atoms with Crippen molar-refractivity contribution in [2.24, 2.45) is 34.3 Å². The van der Waals surface area contributed by atoms with Gasteiger partial charge in [-0.1, -0.05) is 50.6 Å². The standard InChI is InChI=1S/C37H45FN2O6/c1-5-25(42)31-28(46-34(44)30-20(2)9-10-27(32(30)38)45-19-21-7-6-8-23(39)15-21)17-29-36(31,4)18-26(43)33-35(3)13-12-24(41)16-22(35)11-14-37(29,33)40/h6-10,12-13,15-16,26,28-29,31,33-34,43-44H,5,11,14,17-19,39-40H2,1-4H3/t26?,28-,29?,31?,33?,34?,35?,36?,37?/m1/s1. The van der Waals surface area contributed by atoms with Crippen LogP contribution in [0.1, 0.15) is 75.9 Å². The fraction of sp³-hybridized carbons (Fsp3) is 0.514. The zero-order valence-corrected chi connectivity index (χ0v) is 27.0. The number of rotatable bonds is 8. The Morgan fingerprint density at radius 2 is 1.98 bits per heavy atom. The van der Waals surface area contributed by atoms with Crippen molar-refractivity contribution in [3.05, 3.63) is 82.7 Å². The molecule has 4 aliphatic rings. The summed E-state index contributed by atoms with van der Waals surface area (Å²) < 4.78 is 28.0. The Kier molecular flexibility index (Phi) is 8.29. The first-order chi connectivity index (χ1) is 21.7. The lowest BCUT2D eigenvalue weighted by atomic mass is 9.43. The minimum Gasteiger partial charge on any atom is -0.486 e. The molecule has 6 rings (SSSR count). The second-order valence-corrected chi connectivity index (χ2v) is 14.3. The molecule has 8 nitrogen and oxygen atoms in total. The second kappa shape index (κ2) is 11.7. The molecule has 6 N–H and O–H groups in total. The van der Waals surface area contributed by atoms with Crippen molar-refractivity contribution in [3.8, 4) is 5.75 Å². The lowest BCUT2D eigenvalue weighted by Gasteiger charge is -2.63. The van der Waals surface area contributed by atoms with E-state index in [1.165, 1.54) is 6.07 Å². The van der Waals surface area contributed by atoms with E-state index >= 15 is 4.39 Å². The molecule has 0 aromatic heterocycles. The number of carbonyl (C=O) groups excluding carboxylic acids is 2. The van der Waals surface area contributed by atoms with Crippen molar-refractivity contribution < 1.29 is 33.7 Å². The Hall–Kier alpha value is -3.37. The summed E-state index contributed by atoms with van der Waals surface area (Å²) in [4.78, 5) is 25.9. The minimum absolute atomic E-state index is 0.0379. The van der Waals surface area contributed by atoms with Gasteiger partial charge in [-0.3, -0.25) is 9.59 Å². The molecule has 246 valence electrons. The Bertz CT molecular complexity index is 1620. The number of aliphatic hydroxyl groups excluding tert-OH is 2. The number of carbonyl (C=O) groups is 2. The molecule has 0 amide bonds. The van der Waals surface area contributed by atoms with Crippen LogP contribution in [-0.2, 0) is 20.9 Å². The third-order valence-corrected chi connectivity index (χ3v) is 11.6. The quantitative estimate of drug-likeness (QED) is 0.229. The molecular weight excluding hydrogens is 587 g/mol. The molecule has 0 spiro atoms. The summed E-state index contributed by atoms with van der Waals surface area (Å²) in [5.41, 5.74) is 13.8. The molecule has 9 atom stereocenters. The monoisotopic (exact) mass is 632 g/mol. The first-order valence-corrected chi connectivity index (χ1v) is 16.3. The average Bonchev–Trinajstić information content (AvgIpc) is 3.28. The number of nitrogen functional groups attached to an aromatic ring is 1. The smallest absolute Gasteiger partial charge is 0.184 e. The van der Waals surface area contributed by atoms with Crippen LogP contribution < -0.4 is 16.2 Å². The largest absolute Gasteiger partial charge is 0.486 e. The van der Waals surface area contributed by atoms with E-state index in [4.69, 9.17) is 20.9 Å². The van der Waals surface area contributed by atoms with Gasteiger partial charge < -0.3 is 31.2 Å². The number of halogens is 1. The minimum atomic E-state index is -1.67. The normalized spacial score (nSPS) is 35.5. The molecule has 4 aliphatic carbocycles. The lowest BCUT2D eigenvalue weighted by Crippen LogP contribution is -2.70. The van der Waals surface area contributed by atoms with Crippen LogP contribution in [0.2, 0.25) is 0 Å². The van der Waals surface area contributed by atoms with Gasteiger partial charge in [0.05, 0.1) is 17.8 Å². The van der Waals surface area contributed by atoms with Crippen LogP contribution in [0, 0.1) is 41.3 Å². The number of ether oxygens (including phenoxy) is 2. The van der Waals surface area contributed by atoms with Crippen LogP contribution in [0.15, 0.2) is 60.2 Å². The first-order valence-electron chi connectivity index (χ1n) is 16.3. The zero-order chi connectivity index (χ0) is 33.2. The molecule has 2 aromatic carbocycles. The highest BCUT2D eigenvalue weighted by atomic mass is 19.1. The molecule has 8 unspecified atom stereocenters. The van der Waals surface area contributed by atoms with Crippen molar-refractivity contribution in [2.45, 2.75) is 90.4 Å². The number of anilines is 1. The van der Waals surface area contributed by atoms with Gasteiger partial charge in [-0.2, -0.15) is 0 Å². The highest BCUT2D eigenvalue weighted by Gasteiger charge is 2.70. The predicted molar refractivity (Wildman–Crippen MR) is 172 cm³/mol. The van der Waals surface area contributed by atoms with Gasteiger partial charge in [-0.25, -0.2) is 4.39 Å². The van der Waals surface area contributed by atoms with Crippen LogP contribution in [0.25, 0.3) is 0 Å². The summed E-state index contributed by atoms with van der Waals surface area (Å²) >= 11 is 0. The Morgan fingerprint density at radius 1 is 1.22 bits per heavy atom. The number of allylic oxidation sites excluding steroid dienone is 4.